The topological polar surface area (TPSA) is 48.1 Å². The summed E-state index contributed by atoms with van der Waals surface area (Å²) in [6.45, 7) is 1.46. The van der Waals surface area contributed by atoms with Crippen LogP contribution < -0.4 is 10.5 Å². The lowest BCUT2D eigenvalue weighted by molar-refractivity contribution is 0.0668. The first-order valence-corrected chi connectivity index (χ1v) is 6.49. The summed E-state index contributed by atoms with van der Waals surface area (Å²) in [6, 6.07) is 10.0. The first-order chi connectivity index (χ1) is 8.81. The fourth-order valence-corrected chi connectivity index (χ4v) is 2.46. The molecule has 0 unspecified atom stereocenters. The molecule has 0 amide bonds. The van der Waals surface area contributed by atoms with Crippen molar-refractivity contribution in [3.05, 3.63) is 36.5 Å². The van der Waals surface area contributed by atoms with Crippen LogP contribution in [-0.2, 0) is 0 Å². The summed E-state index contributed by atoms with van der Waals surface area (Å²) < 4.78 is 5.90. The summed E-state index contributed by atoms with van der Waals surface area (Å²) in [4.78, 5) is 4.30. The Kier molecular flexibility index (Phi) is 2.92. The summed E-state index contributed by atoms with van der Waals surface area (Å²) in [5, 5.41) is 1.12. The van der Waals surface area contributed by atoms with E-state index in [1.54, 1.807) is 6.20 Å². The predicted octanol–water partition coefficient (Wildman–Crippen LogP) is 2.74. The van der Waals surface area contributed by atoms with Crippen molar-refractivity contribution in [3.8, 4) is 5.75 Å². The molecule has 1 heterocycles. The molecule has 0 radical (unpaired) electrons. The quantitative estimate of drug-likeness (QED) is 0.896. The van der Waals surface area contributed by atoms with Crippen molar-refractivity contribution >= 4 is 10.9 Å². The molecule has 0 bridgehead atoms. The maximum absolute atomic E-state index is 5.90. The van der Waals surface area contributed by atoms with Gasteiger partial charge in [-0.25, -0.2) is 0 Å². The summed E-state index contributed by atoms with van der Waals surface area (Å²) in [6.07, 6.45) is 5.47. The lowest BCUT2D eigenvalue weighted by Gasteiger charge is -2.40. The van der Waals surface area contributed by atoms with Gasteiger partial charge in [0, 0.05) is 23.5 Å². The minimum Gasteiger partial charge on any atom is -0.493 e. The fourth-order valence-electron chi connectivity index (χ4n) is 2.46. The molecule has 2 N–H and O–H groups in total. The third-order valence-electron chi connectivity index (χ3n) is 3.97. The van der Waals surface area contributed by atoms with Gasteiger partial charge < -0.3 is 10.5 Å². The number of hydrogen-bond acceptors (Lipinski definition) is 3. The molecule has 0 aliphatic heterocycles. The third-order valence-corrected chi connectivity index (χ3v) is 3.97. The van der Waals surface area contributed by atoms with E-state index < -0.39 is 0 Å². The number of benzene rings is 1. The zero-order valence-electron chi connectivity index (χ0n) is 10.4. The number of fused-ring (bicyclic) bond motifs is 1. The number of aromatic nitrogens is 1. The number of ether oxygens (including phenoxy) is 1. The molecule has 94 valence electrons. The van der Waals surface area contributed by atoms with Gasteiger partial charge in [0.25, 0.3) is 0 Å². The molecule has 2 aromatic rings. The number of hydrogen-bond donors (Lipinski definition) is 1. The summed E-state index contributed by atoms with van der Waals surface area (Å²) in [5.41, 5.74) is 7.06. The molecule has 0 saturated heterocycles. The normalized spacial score (nSPS) is 17.4. The number of nitrogens with two attached hydrogens (primary N) is 1. The van der Waals surface area contributed by atoms with E-state index in [-0.39, 0.29) is 5.41 Å². The maximum atomic E-state index is 5.90. The van der Waals surface area contributed by atoms with E-state index in [4.69, 9.17) is 10.5 Å². The van der Waals surface area contributed by atoms with Crippen LogP contribution in [0.15, 0.2) is 36.5 Å². The SMILES string of the molecule is NCC1(COc2ccc3ncccc3c2)CCC1. The van der Waals surface area contributed by atoms with Crippen molar-refractivity contribution in [2.75, 3.05) is 13.2 Å². The minimum atomic E-state index is 0.226. The van der Waals surface area contributed by atoms with Crippen LogP contribution in [0, 0.1) is 5.41 Å². The zero-order chi connectivity index (χ0) is 12.4. The van der Waals surface area contributed by atoms with Crippen LogP contribution in [0.5, 0.6) is 5.75 Å². The average Bonchev–Trinajstić information content (AvgIpc) is 2.38. The largest absolute Gasteiger partial charge is 0.493 e. The molecule has 3 heteroatoms. The Hall–Kier alpha value is -1.61. The Morgan fingerprint density at radius 2 is 2.17 bits per heavy atom. The van der Waals surface area contributed by atoms with E-state index in [0.717, 1.165) is 29.8 Å². The molecule has 18 heavy (non-hydrogen) atoms. The predicted molar refractivity (Wildman–Crippen MR) is 72.6 cm³/mol. The van der Waals surface area contributed by atoms with E-state index in [9.17, 15) is 0 Å². The molecule has 3 rings (SSSR count). The van der Waals surface area contributed by atoms with E-state index in [1.165, 1.54) is 19.3 Å². The Morgan fingerprint density at radius 1 is 1.28 bits per heavy atom. The van der Waals surface area contributed by atoms with Gasteiger partial charge in [0.1, 0.15) is 5.75 Å². The van der Waals surface area contributed by atoms with Crippen molar-refractivity contribution in [3.63, 3.8) is 0 Å². The monoisotopic (exact) mass is 242 g/mol. The van der Waals surface area contributed by atoms with Gasteiger partial charge in [0.05, 0.1) is 12.1 Å². The minimum absolute atomic E-state index is 0.226. The average molecular weight is 242 g/mol. The van der Waals surface area contributed by atoms with Crippen LogP contribution in [-0.4, -0.2) is 18.1 Å². The van der Waals surface area contributed by atoms with Gasteiger partial charge in [-0.05, 0) is 37.1 Å². The second kappa shape index (κ2) is 4.58. The van der Waals surface area contributed by atoms with Crippen LogP contribution in [0.3, 0.4) is 0 Å². The zero-order valence-corrected chi connectivity index (χ0v) is 10.4. The third kappa shape index (κ3) is 2.06. The van der Waals surface area contributed by atoms with Gasteiger partial charge >= 0.3 is 0 Å². The van der Waals surface area contributed by atoms with Gasteiger partial charge in [-0.3, -0.25) is 4.98 Å². The lowest BCUT2D eigenvalue weighted by atomic mass is 9.69. The molecule has 1 aliphatic carbocycles. The lowest BCUT2D eigenvalue weighted by Crippen LogP contribution is -2.42. The molecule has 0 atom stereocenters. The van der Waals surface area contributed by atoms with Crippen molar-refractivity contribution in [1.29, 1.82) is 0 Å². The van der Waals surface area contributed by atoms with Crippen LogP contribution in [0.4, 0.5) is 0 Å². The number of pyridine rings is 1. The second-order valence-corrected chi connectivity index (χ2v) is 5.20. The highest BCUT2D eigenvalue weighted by atomic mass is 16.5. The van der Waals surface area contributed by atoms with E-state index in [1.807, 2.05) is 24.3 Å². The van der Waals surface area contributed by atoms with E-state index >= 15 is 0 Å². The standard InChI is InChI=1S/C15H18N2O/c16-10-15(6-2-7-15)11-18-13-4-5-14-12(9-13)3-1-8-17-14/h1,3-5,8-9H,2,6-7,10-11,16H2. The second-order valence-electron chi connectivity index (χ2n) is 5.20. The molecule has 3 nitrogen and oxygen atoms in total. The Bertz CT molecular complexity index is 543. The van der Waals surface area contributed by atoms with Crippen LogP contribution in [0.25, 0.3) is 10.9 Å². The Balaban J connectivity index is 1.74. The molecule has 1 aromatic heterocycles. The first-order valence-electron chi connectivity index (χ1n) is 6.49. The van der Waals surface area contributed by atoms with Gasteiger partial charge in [0.15, 0.2) is 0 Å². The van der Waals surface area contributed by atoms with E-state index in [2.05, 4.69) is 11.1 Å². The van der Waals surface area contributed by atoms with Gasteiger partial charge in [-0.2, -0.15) is 0 Å². The molecule has 1 aliphatic rings. The number of nitrogens with zero attached hydrogens (tertiary/aromatic N) is 1. The highest BCUT2D eigenvalue weighted by molar-refractivity contribution is 5.79. The summed E-state index contributed by atoms with van der Waals surface area (Å²) >= 11 is 0. The van der Waals surface area contributed by atoms with E-state index in [0.29, 0.717) is 0 Å². The van der Waals surface area contributed by atoms with Crippen LogP contribution in [0.2, 0.25) is 0 Å². The Morgan fingerprint density at radius 3 is 2.89 bits per heavy atom. The Labute approximate surface area is 107 Å². The number of rotatable bonds is 4. The van der Waals surface area contributed by atoms with Crippen molar-refractivity contribution < 1.29 is 4.74 Å². The fraction of sp³-hybridized carbons (Fsp3) is 0.400. The molecule has 1 fully saturated rings. The van der Waals surface area contributed by atoms with Gasteiger partial charge in [-0.15, -0.1) is 0 Å². The molecular weight excluding hydrogens is 224 g/mol. The summed E-state index contributed by atoms with van der Waals surface area (Å²) in [7, 11) is 0. The highest BCUT2D eigenvalue weighted by Crippen LogP contribution is 2.40. The highest BCUT2D eigenvalue weighted by Gasteiger charge is 2.36. The molecule has 0 spiro atoms. The van der Waals surface area contributed by atoms with Crippen molar-refractivity contribution in [2.24, 2.45) is 11.1 Å². The molecule has 1 aromatic carbocycles. The molecular formula is C15H18N2O. The smallest absolute Gasteiger partial charge is 0.120 e. The van der Waals surface area contributed by atoms with Crippen LogP contribution >= 0.6 is 0 Å². The summed E-state index contributed by atoms with van der Waals surface area (Å²) in [5.74, 6) is 0.912. The van der Waals surface area contributed by atoms with Crippen LogP contribution in [0.1, 0.15) is 19.3 Å². The van der Waals surface area contributed by atoms with Crippen molar-refractivity contribution in [2.45, 2.75) is 19.3 Å². The van der Waals surface area contributed by atoms with Gasteiger partial charge in [0.2, 0.25) is 0 Å². The molecule has 1 saturated carbocycles. The first kappa shape index (κ1) is 11.5. The maximum Gasteiger partial charge on any atom is 0.120 e. The van der Waals surface area contributed by atoms with Gasteiger partial charge in [-0.1, -0.05) is 12.5 Å². The van der Waals surface area contributed by atoms with Crippen molar-refractivity contribution in [1.82, 2.24) is 4.98 Å².